The first-order chi connectivity index (χ1) is 9.80. The average Bonchev–Trinajstić information content (AvgIpc) is 2.43. The molecule has 0 unspecified atom stereocenters. The van der Waals surface area contributed by atoms with Crippen molar-refractivity contribution in [3.63, 3.8) is 0 Å². The Morgan fingerprint density at radius 1 is 1.05 bits per heavy atom. The molecular formula is C15H9ClF4O. The van der Waals surface area contributed by atoms with Gasteiger partial charge in [0.1, 0.15) is 5.82 Å². The predicted molar refractivity (Wildman–Crippen MR) is 70.9 cm³/mol. The van der Waals surface area contributed by atoms with Crippen molar-refractivity contribution in [3.8, 4) is 0 Å². The summed E-state index contributed by atoms with van der Waals surface area (Å²) < 4.78 is 51.8. The zero-order valence-electron chi connectivity index (χ0n) is 10.5. The predicted octanol–water partition coefficient (Wildman–Crippen LogP) is 4.92. The molecule has 0 heterocycles. The Kier molecular flexibility index (Phi) is 4.32. The van der Waals surface area contributed by atoms with Gasteiger partial charge in [0, 0.05) is 12.0 Å². The lowest BCUT2D eigenvalue weighted by Gasteiger charge is -2.12. The molecule has 0 aliphatic carbocycles. The molecule has 6 heteroatoms. The molecule has 0 aliphatic heterocycles. The van der Waals surface area contributed by atoms with Crippen LogP contribution in [0.25, 0.3) is 0 Å². The third kappa shape index (κ3) is 3.42. The summed E-state index contributed by atoms with van der Waals surface area (Å²) in [5.41, 5.74) is -1.31. The number of rotatable bonds is 3. The van der Waals surface area contributed by atoms with Crippen LogP contribution in [-0.2, 0) is 12.6 Å². The number of hydrogen-bond acceptors (Lipinski definition) is 1. The molecule has 0 saturated heterocycles. The van der Waals surface area contributed by atoms with Crippen molar-refractivity contribution >= 4 is 17.4 Å². The second kappa shape index (κ2) is 5.85. The molecule has 0 spiro atoms. The molecule has 0 bridgehead atoms. The maximum Gasteiger partial charge on any atom is 0.417 e. The van der Waals surface area contributed by atoms with Crippen molar-refractivity contribution in [1.82, 2.24) is 0 Å². The molecule has 2 aromatic carbocycles. The first kappa shape index (κ1) is 15.5. The number of ketones is 1. The SMILES string of the molecule is O=C(Cc1cccc(F)c1Cl)c1ccccc1C(F)(F)F. The van der Waals surface area contributed by atoms with E-state index < -0.39 is 35.3 Å². The fourth-order valence-corrected chi connectivity index (χ4v) is 2.12. The van der Waals surface area contributed by atoms with E-state index in [9.17, 15) is 22.4 Å². The summed E-state index contributed by atoms with van der Waals surface area (Å²) in [6.07, 6.45) is -5.03. The van der Waals surface area contributed by atoms with Crippen LogP contribution in [0.15, 0.2) is 42.5 Å². The van der Waals surface area contributed by atoms with Crippen LogP contribution in [-0.4, -0.2) is 5.78 Å². The largest absolute Gasteiger partial charge is 0.417 e. The third-order valence-corrected chi connectivity index (χ3v) is 3.34. The molecule has 2 aromatic rings. The van der Waals surface area contributed by atoms with E-state index in [-0.39, 0.29) is 10.6 Å². The molecule has 0 N–H and O–H groups in total. The Balaban J connectivity index is 2.36. The van der Waals surface area contributed by atoms with Gasteiger partial charge in [-0.15, -0.1) is 0 Å². The highest BCUT2D eigenvalue weighted by Crippen LogP contribution is 2.32. The van der Waals surface area contributed by atoms with Crippen LogP contribution in [0.2, 0.25) is 5.02 Å². The quantitative estimate of drug-likeness (QED) is 0.580. The van der Waals surface area contributed by atoms with Crippen LogP contribution >= 0.6 is 11.6 Å². The molecule has 0 atom stereocenters. The van der Waals surface area contributed by atoms with E-state index in [0.717, 1.165) is 18.2 Å². The Bertz CT molecular complexity index is 680. The van der Waals surface area contributed by atoms with Crippen LogP contribution in [0.4, 0.5) is 17.6 Å². The van der Waals surface area contributed by atoms with Crippen molar-refractivity contribution in [1.29, 1.82) is 0 Å². The van der Waals surface area contributed by atoms with Gasteiger partial charge in [0.05, 0.1) is 10.6 Å². The maximum absolute atomic E-state index is 13.3. The van der Waals surface area contributed by atoms with Gasteiger partial charge < -0.3 is 0 Å². The van der Waals surface area contributed by atoms with Crippen LogP contribution < -0.4 is 0 Å². The molecule has 0 aliphatic rings. The normalized spacial score (nSPS) is 11.5. The highest BCUT2D eigenvalue weighted by atomic mass is 35.5. The monoisotopic (exact) mass is 316 g/mol. The lowest BCUT2D eigenvalue weighted by molar-refractivity contribution is -0.137. The van der Waals surface area contributed by atoms with Gasteiger partial charge in [0.2, 0.25) is 0 Å². The van der Waals surface area contributed by atoms with E-state index >= 15 is 0 Å². The Labute approximate surface area is 123 Å². The zero-order chi connectivity index (χ0) is 15.6. The molecule has 1 nitrogen and oxygen atoms in total. The maximum atomic E-state index is 13.3. The van der Waals surface area contributed by atoms with Crippen molar-refractivity contribution < 1.29 is 22.4 Å². The van der Waals surface area contributed by atoms with E-state index in [4.69, 9.17) is 11.6 Å². The third-order valence-electron chi connectivity index (χ3n) is 2.92. The van der Waals surface area contributed by atoms with Crippen LogP contribution in [0.1, 0.15) is 21.5 Å². The molecule has 0 aromatic heterocycles. The van der Waals surface area contributed by atoms with Gasteiger partial charge in [-0.2, -0.15) is 13.2 Å². The smallest absolute Gasteiger partial charge is 0.294 e. The summed E-state index contributed by atoms with van der Waals surface area (Å²) in [5, 5.41) is -0.254. The van der Waals surface area contributed by atoms with Crippen molar-refractivity contribution in [2.24, 2.45) is 0 Å². The van der Waals surface area contributed by atoms with Crippen LogP contribution in [0.3, 0.4) is 0 Å². The summed E-state index contributed by atoms with van der Waals surface area (Å²) >= 11 is 5.71. The van der Waals surface area contributed by atoms with Crippen molar-refractivity contribution in [2.75, 3.05) is 0 Å². The van der Waals surface area contributed by atoms with E-state index in [1.807, 2.05) is 0 Å². The fraction of sp³-hybridized carbons (Fsp3) is 0.133. The number of alkyl halides is 3. The molecule has 2 rings (SSSR count). The van der Waals surface area contributed by atoms with Crippen molar-refractivity contribution in [3.05, 3.63) is 70.0 Å². The number of carbonyl (C=O) groups is 1. The standard InChI is InChI=1S/C15H9ClF4O/c16-14-9(4-3-7-12(14)17)8-13(21)10-5-1-2-6-11(10)15(18,19)20/h1-7H,8H2. The summed E-state index contributed by atoms with van der Waals surface area (Å²) in [6.45, 7) is 0. The average molecular weight is 317 g/mol. The van der Waals surface area contributed by atoms with Gasteiger partial charge >= 0.3 is 6.18 Å². The minimum atomic E-state index is -4.63. The lowest BCUT2D eigenvalue weighted by atomic mass is 9.98. The zero-order valence-corrected chi connectivity index (χ0v) is 11.3. The summed E-state index contributed by atoms with van der Waals surface area (Å²) in [4.78, 5) is 12.1. The molecule has 0 fully saturated rings. The van der Waals surface area contributed by atoms with Gasteiger partial charge in [0.25, 0.3) is 0 Å². The van der Waals surface area contributed by atoms with E-state index in [2.05, 4.69) is 0 Å². The van der Waals surface area contributed by atoms with E-state index in [1.54, 1.807) is 0 Å². The van der Waals surface area contributed by atoms with Crippen LogP contribution in [0.5, 0.6) is 0 Å². The number of hydrogen-bond donors (Lipinski definition) is 0. The topological polar surface area (TPSA) is 17.1 Å². The summed E-state index contributed by atoms with van der Waals surface area (Å²) in [5.74, 6) is -1.48. The number of benzene rings is 2. The number of carbonyl (C=O) groups excluding carboxylic acids is 1. The lowest BCUT2D eigenvalue weighted by Crippen LogP contribution is -2.14. The Morgan fingerprint density at radius 3 is 2.38 bits per heavy atom. The minimum absolute atomic E-state index is 0.152. The fourth-order valence-electron chi connectivity index (χ4n) is 1.93. The van der Waals surface area contributed by atoms with Crippen LogP contribution in [0, 0.1) is 5.82 Å². The van der Waals surface area contributed by atoms with Crippen molar-refractivity contribution in [2.45, 2.75) is 12.6 Å². The molecule has 0 amide bonds. The molecule has 110 valence electrons. The summed E-state index contributed by atoms with van der Waals surface area (Å²) in [7, 11) is 0. The van der Waals surface area contributed by atoms with Gasteiger partial charge in [-0.1, -0.05) is 41.9 Å². The molecule has 0 radical (unpaired) electrons. The summed E-state index contributed by atoms with van der Waals surface area (Å²) in [6, 6.07) is 8.34. The highest BCUT2D eigenvalue weighted by molar-refractivity contribution is 6.31. The molecule has 21 heavy (non-hydrogen) atoms. The highest BCUT2D eigenvalue weighted by Gasteiger charge is 2.34. The number of Topliss-reactive ketones (excluding diaryl/α,β-unsaturated/α-hetero) is 1. The Hall–Kier alpha value is -1.88. The first-order valence-corrected chi connectivity index (χ1v) is 6.31. The first-order valence-electron chi connectivity index (χ1n) is 5.93. The van der Waals surface area contributed by atoms with E-state index in [0.29, 0.717) is 0 Å². The Morgan fingerprint density at radius 2 is 1.71 bits per heavy atom. The molecular weight excluding hydrogens is 308 g/mol. The second-order valence-corrected chi connectivity index (χ2v) is 4.73. The second-order valence-electron chi connectivity index (χ2n) is 4.36. The van der Waals surface area contributed by atoms with E-state index in [1.165, 1.54) is 24.3 Å². The molecule has 0 saturated carbocycles. The van der Waals surface area contributed by atoms with Gasteiger partial charge in [-0.25, -0.2) is 4.39 Å². The number of halogens is 5. The minimum Gasteiger partial charge on any atom is -0.294 e. The van der Waals surface area contributed by atoms with Gasteiger partial charge in [-0.05, 0) is 17.7 Å². The van der Waals surface area contributed by atoms with Gasteiger partial charge in [0.15, 0.2) is 5.78 Å². The van der Waals surface area contributed by atoms with Gasteiger partial charge in [-0.3, -0.25) is 4.79 Å².